The zero-order valence-corrected chi connectivity index (χ0v) is 13.7. The van der Waals surface area contributed by atoms with Crippen molar-refractivity contribution in [3.8, 4) is 11.5 Å². The van der Waals surface area contributed by atoms with Gasteiger partial charge in [0.15, 0.2) is 17.3 Å². The number of nitrogens with zero attached hydrogens (tertiary/aromatic N) is 2. The van der Waals surface area contributed by atoms with E-state index in [2.05, 4.69) is 34.7 Å². The number of rotatable bonds is 6. The van der Waals surface area contributed by atoms with Gasteiger partial charge in [-0.15, -0.1) is 10.2 Å². The van der Waals surface area contributed by atoms with Crippen LogP contribution in [0.2, 0.25) is 0 Å². The summed E-state index contributed by atoms with van der Waals surface area (Å²) in [4.78, 5) is 12.3. The van der Waals surface area contributed by atoms with Gasteiger partial charge in [0.2, 0.25) is 6.79 Å². The van der Waals surface area contributed by atoms with Crippen molar-refractivity contribution in [1.29, 1.82) is 0 Å². The monoisotopic (exact) mass is 328 g/mol. The fourth-order valence-electron chi connectivity index (χ4n) is 2.21. The first kappa shape index (κ1) is 16.0. The summed E-state index contributed by atoms with van der Waals surface area (Å²) in [6.45, 7) is 5.36. The minimum atomic E-state index is -0.275. The zero-order valence-electron chi connectivity index (χ0n) is 13.7. The molecule has 2 N–H and O–H groups in total. The molecule has 7 heteroatoms. The molecule has 1 amide bonds. The Balaban J connectivity index is 1.58. The first-order valence-electron chi connectivity index (χ1n) is 7.90. The van der Waals surface area contributed by atoms with E-state index in [1.54, 1.807) is 30.3 Å². The summed E-state index contributed by atoms with van der Waals surface area (Å²) in [5.41, 5.74) is 0.472. The van der Waals surface area contributed by atoms with Gasteiger partial charge >= 0.3 is 0 Å². The summed E-state index contributed by atoms with van der Waals surface area (Å²) in [5.74, 6) is 2.65. The number of carbonyl (C=O) groups excluding carboxylic acids is 1. The fourth-order valence-corrected chi connectivity index (χ4v) is 2.21. The molecule has 2 aromatic rings. The van der Waals surface area contributed by atoms with Crippen LogP contribution in [0.4, 0.5) is 11.6 Å². The van der Waals surface area contributed by atoms with Crippen molar-refractivity contribution >= 4 is 17.5 Å². The van der Waals surface area contributed by atoms with Crippen molar-refractivity contribution in [1.82, 2.24) is 10.2 Å². The van der Waals surface area contributed by atoms with E-state index in [1.807, 2.05) is 0 Å². The predicted molar refractivity (Wildman–Crippen MR) is 90.5 cm³/mol. The van der Waals surface area contributed by atoms with Crippen molar-refractivity contribution < 1.29 is 14.3 Å². The van der Waals surface area contributed by atoms with E-state index in [0.717, 1.165) is 13.0 Å². The van der Waals surface area contributed by atoms with Gasteiger partial charge in [0.25, 0.3) is 5.91 Å². The Hall–Kier alpha value is -2.83. The number of hydrogen-bond acceptors (Lipinski definition) is 6. The highest BCUT2D eigenvalue weighted by Gasteiger charge is 2.16. The highest BCUT2D eigenvalue weighted by atomic mass is 16.7. The number of benzene rings is 1. The number of hydrogen-bond donors (Lipinski definition) is 2. The molecule has 1 aromatic heterocycles. The Morgan fingerprint density at radius 1 is 1.12 bits per heavy atom. The lowest BCUT2D eigenvalue weighted by Crippen LogP contribution is -2.14. The van der Waals surface area contributed by atoms with Gasteiger partial charge < -0.3 is 20.1 Å². The summed E-state index contributed by atoms with van der Waals surface area (Å²) in [5, 5.41) is 14.0. The highest BCUT2D eigenvalue weighted by molar-refractivity contribution is 6.04. The number of fused-ring (bicyclic) bond motifs is 1. The molecular weight excluding hydrogens is 308 g/mol. The van der Waals surface area contributed by atoms with Gasteiger partial charge in [0, 0.05) is 12.1 Å². The van der Waals surface area contributed by atoms with Crippen LogP contribution in [0.15, 0.2) is 30.3 Å². The van der Waals surface area contributed by atoms with Crippen molar-refractivity contribution in [2.24, 2.45) is 5.92 Å². The van der Waals surface area contributed by atoms with Crippen LogP contribution in [0, 0.1) is 5.92 Å². The number of anilines is 2. The molecule has 1 aromatic carbocycles. The number of nitrogens with one attached hydrogen (secondary N) is 2. The maximum Gasteiger partial charge on any atom is 0.257 e. The van der Waals surface area contributed by atoms with Crippen LogP contribution in [0.1, 0.15) is 30.6 Å². The van der Waals surface area contributed by atoms with Gasteiger partial charge in [0.05, 0.1) is 0 Å². The molecule has 0 fully saturated rings. The van der Waals surface area contributed by atoms with E-state index in [-0.39, 0.29) is 12.7 Å². The Labute approximate surface area is 140 Å². The molecule has 1 aliphatic rings. The molecule has 2 heterocycles. The molecule has 24 heavy (non-hydrogen) atoms. The third-order valence-electron chi connectivity index (χ3n) is 3.57. The van der Waals surface area contributed by atoms with E-state index >= 15 is 0 Å². The van der Waals surface area contributed by atoms with E-state index < -0.39 is 0 Å². The first-order chi connectivity index (χ1) is 11.6. The molecule has 1 aliphatic heterocycles. The maximum atomic E-state index is 12.3. The van der Waals surface area contributed by atoms with Crippen LogP contribution in [-0.2, 0) is 0 Å². The molecule has 7 nitrogen and oxygen atoms in total. The zero-order chi connectivity index (χ0) is 16.9. The van der Waals surface area contributed by atoms with Crippen LogP contribution in [-0.4, -0.2) is 29.4 Å². The van der Waals surface area contributed by atoms with Crippen LogP contribution < -0.4 is 20.1 Å². The third kappa shape index (κ3) is 3.92. The van der Waals surface area contributed by atoms with E-state index in [0.29, 0.717) is 34.6 Å². The third-order valence-corrected chi connectivity index (χ3v) is 3.57. The van der Waals surface area contributed by atoms with E-state index in [1.165, 1.54) is 0 Å². The fraction of sp³-hybridized carbons (Fsp3) is 0.353. The molecule has 0 radical (unpaired) electrons. The SMILES string of the molecule is CC(C)CCNc1ccc(NC(=O)c2ccc3c(c2)OCO3)nn1. The van der Waals surface area contributed by atoms with Gasteiger partial charge in [-0.25, -0.2) is 0 Å². The molecule has 0 bridgehead atoms. The quantitative estimate of drug-likeness (QED) is 0.848. The van der Waals surface area contributed by atoms with Crippen LogP contribution in [0.25, 0.3) is 0 Å². The van der Waals surface area contributed by atoms with Crippen LogP contribution in [0.3, 0.4) is 0 Å². The van der Waals surface area contributed by atoms with Crippen molar-refractivity contribution in [3.63, 3.8) is 0 Å². The summed E-state index contributed by atoms with van der Waals surface area (Å²) in [6, 6.07) is 8.55. The molecular formula is C17H20N4O3. The van der Waals surface area contributed by atoms with Gasteiger partial charge in [-0.3, -0.25) is 4.79 Å². The van der Waals surface area contributed by atoms with Gasteiger partial charge in [0.1, 0.15) is 5.82 Å². The van der Waals surface area contributed by atoms with Crippen LogP contribution in [0.5, 0.6) is 11.5 Å². The van der Waals surface area contributed by atoms with E-state index in [9.17, 15) is 4.79 Å². The lowest BCUT2D eigenvalue weighted by atomic mass is 10.1. The predicted octanol–water partition coefficient (Wildman–Crippen LogP) is 2.92. The molecule has 126 valence electrons. The Kier molecular flexibility index (Phi) is 4.79. The number of carbonyl (C=O) groups is 1. The average Bonchev–Trinajstić information content (AvgIpc) is 3.03. The van der Waals surface area contributed by atoms with Gasteiger partial charge in [-0.1, -0.05) is 13.8 Å². The molecule has 0 saturated carbocycles. The second-order valence-electron chi connectivity index (χ2n) is 5.94. The standard InChI is InChI=1S/C17H20N4O3/c1-11(2)7-8-18-15-5-6-16(21-20-15)19-17(22)12-3-4-13-14(9-12)24-10-23-13/h3-6,9,11H,7-8,10H2,1-2H3,(H,18,20)(H,19,21,22). The van der Waals surface area contributed by atoms with Crippen molar-refractivity contribution in [2.75, 3.05) is 24.0 Å². The molecule has 0 aliphatic carbocycles. The Bertz CT molecular complexity index is 716. The smallest absolute Gasteiger partial charge is 0.257 e. The largest absolute Gasteiger partial charge is 0.454 e. The van der Waals surface area contributed by atoms with Gasteiger partial charge in [-0.05, 0) is 42.7 Å². The number of amides is 1. The number of aromatic nitrogens is 2. The summed E-state index contributed by atoms with van der Waals surface area (Å²) >= 11 is 0. The Morgan fingerprint density at radius 3 is 2.62 bits per heavy atom. The molecule has 0 saturated heterocycles. The highest BCUT2D eigenvalue weighted by Crippen LogP contribution is 2.32. The summed E-state index contributed by atoms with van der Waals surface area (Å²) < 4.78 is 10.5. The first-order valence-corrected chi connectivity index (χ1v) is 7.90. The lowest BCUT2D eigenvalue weighted by Gasteiger charge is -2.08. The summed E-state index contributed by atoms with van der Waals surface area (Å²) in [6.07, 6.45) is 1.06. The second-order valence-corrected chi connectivity index (χ2v) is 5.94. The average molecular weight is 328 g/mol. The van der Waals surface area contributed by atoms with Crippen LogP contribution >= 0.6 is 0 Å². The topological polar surface area (TPSA) is 85.4 Å². The molecule has 0 spiro atoms. The molecule has 3 rings (SSSR count). The minimum Gasteiger partial charge on any atom is -0.454 e. The molecule has 0 atom stereocenters. The normalized spacial score (nSPS) is 12.3. The minimum absolute atomic E-state index is 0.178. The Morgan fingerprint density at radius 2 is 1.88 bits per heavy atom. The van der Waals surface area contributed by atoms with E-state index in [4.69, 9.17) is 9.47 Å². The summed E-state index contributed by atoms with van der Waals surface area (Å²) in [7, 11) is 0. The van der Waals surface area contributed by atoms with Crippen molar-refractivity contribution in [3.05, 3.63) is 35.9 Å². The number of ether oxygens (including phenoxy) is 2. The maximum absolute atomic E-state index is 12.3. The molecule has 0 unspecified atom stereocenters. The van der Waals surface area contributed by atoms with Crippen molar-refractivity contribution in [2.45, 2.75) is 20.3 Å². The van der Waals surface area contributed by atoms with Gasteiger partial charge in [-0.2, -0.15) is 0 Å². The lowest BCUT2D eigenvalue weighted by molar-refractivity contribution is 0.102. The second kappa shape index (κ2) is 7.16.